The first-order chi connectivity index (χ1) is 12.7. The quantitative estimate of drug-likeness (QED) is 0.486. The van der Waals surface area contributed by atoms with E-state index in [1.165, 1.54) is 11.8 Å². The third-order valence-corrected chi connectivity index (χ3v) is 5.13. The molecule has 0 saturated carbocycles. The van der Waals surface area contributed by atoms with E-state index in [9.17, 15) is 9.90 Å². The molecule has 3 rings (SSSR count). The van der Waals surface area contributed by atoms with Gasteiger partial charge in [0.25, 0.3) is 0 Å². The maximum absolute atomic E-state index is 11.9. The van der Waals surface area contributed by atoms with Crippen LogP contribution in [0, 0.1) is 11.8 Å². The Bertz CT molecular complexity index is 963. The average Bonchev–Trinajstić information content (AvgIpc) is 2.67. The van der Waals surface area contributed by atoms with Gasteiger partial charge in [0, 0.05) is 4.90 Å². The summed E-state index contributed by atoms with van der Waals surface area (Å²) in [5, 5.41) is 11.1. The highest BCUT2D eigenvalue weighted by Gasteiger charge is 2.23. The SMILES string of the molecule is CC#CCOc1ccc(SC(C(=O)O)c2cccc3ccccc23)cc1. The molecule has 4 heteroatoms. The van der Waals surface area contributed by atoms with Gasteiger partial charge in [0.15, 0.2) is 0 Å². The minimum Gasteiger partial charge on any atom is -0.481 e. The monoisotopic (exact) mass is 362 g/mol. The van der Waals surface area contributed by atoms with E-state index in [1.54, 1.807) is 6.92 Å². The molecule has 0 spiro atoms. The van der Waals surface area contributed by atoms with Gasteiger partial charge in [-0.25, -0.2) is 0 Å². The molecule has 1 unspecified atom stereocenters. The number of aliphatic carboxylic acids is 1. The van der Waals surface area contributed by atoms with Crippen LogP contribution in [0.5, 0.6) is 5.75 Å². The molecule has 0 saturated heterocycles. The lowest BCUT2D eigenvalue weighted by Gasteiger charge is -2.15. The number of carboxylic acid groups (broad SMARTS) is 1. The number of hydrogen-bond donors (Lipinski definition) is 1. The molecule has 3 aromatic rings. The van der Waals surface area contributed by atoms with Crippen molar-refractivity contribution in [1.82, 2.24) is 0 Å². The molecule has 3 aromatic carbocycles. The van der Waals surface area contributed by atoms with Crippen LogP contribution in [0.2, 0.25) is 0 Å². The van der Waals surface area contributed by atoms with Crippen LogP contribution in [0.25, 0.3) is 10.8 Å². The average molecular weight is 362 g/mol. The number of rotatable bonds is 6. The Hall–Kier alpha value is -2.90. The molecule has 0 radical (unpaired) electrons. The molecule has 1 N–H and O–H groups in total. The minimum atomic E-state index is -0.857. The molecule has 0 aliphatic heterocycles. The fourth-order valence-corrected chi connectivity index (χ4v) is 3.67. The lowest BCUT2D eigenvalue weighted by Crippen LogP contribution is -2.08. The summed E-state index contributed by atoms with van der Waals surface area (Å²) in [6, 6.07) is 21.0. The van der Waals surface area contributed by atoms with Crippen LogP contribution < -0.4 is 4.74 Å². The third kappa shape index (κ3) is 4.19. The van der Waals surface area contributed by atoms with Gasteiger partial charge in [-0.1, -0.05) is 48.4 Å². The van der Waals surface area contributed by atoms with Crippen LogP contribution in [-0.4, -0.2) is 17.7 Å². The first kappa shape index (κ1) is 17.9. The highest BCUT2D eigenvalue weighted by atomic mass is 32.2. The molecule has 130 valence electrons. The van der Waals surface area contributed by atoms with Gasteiger partial charge in [0.2, 0.25) is 0 Å². The molecule has 0 heterocycles. The van der Waals surface area contributed by atoms with E-state index >= 15 is 0 Å². The van der Waals surface area contributed by atoms with Gasteiger partial charge >= 0.3 is 5.97 Å². The van der Waals surface area contributed by atoms with E-state index in [1.807, 2.05) is 66.7 Å². The van der Waals surface area contributed by atoms with Crippen molar-refractivity contribution < 1.29 is 14.6 Å². The summed E-state index contributed by atoms with van der Waals surface area (Å²) in [6.07, 6.45) is 0. The third-order valence-electron chi connectivity index (χ3n) is 3.90. The molecule has 0 aliphatic rings. The first-order valence-electron chi connectivity index (χ1n) is 8.18. The van der Waals surface area contributed by atoms with Crippen molar-refractivity contribution in [3.05, 3.63) is 72.3 Å². The Morgan fingerprint density at radius 1 is 1.08 bits per heavy atom. The zero-order valence-electron chi connectivity index (χ0n) is 14.3. The van der Waals surface area contributed by atoms with E-state index in [0.717, 1.165) is 21.2 Å². The van der Waals surface area contributed by atoms with E-state index < -0.39 is 11.2 Å². The number of carboxylic acids is 1. The normalized spacial score (nSPS) is 11.4. The predicted molar refractivity (Wildman–Crippen MR) is 106 cm³/mol. The van der Waals surface area contributed by atoms with Crippen LogP contribution in [0.1, 0.15) is 17.7 Å². The van der Waals surface area contributed by atoms with Gasteiger partial charge in [-0.05, 0) is 47.5 Å². The second-order valence-electron chi connectivity index (χ2n) is 5.59. The van der Waals surface area contributed by atoms with Crippen molar-refractivity contribution in [2.75, 3.05) is 6.61 Å². The van der Waals surface area contributed by atoms with Crippen LogP contribution in [0.15, 0.2) is 71.6 Å². The number of benzene rings is 3. The van der Waals surface area contributed by atoms with Crippen molar-refractivity contribution >= 4 is 28.5 Å². The number of carbonyl (C=O) groups is 1. The summed E-state index contributed by atoms with van der Waals surface area (Å²) in [6.45, 7) is 2.11. The summed E-state index contributed by atoms with van der Waals surface area (Å²) < 4.78 is 5.50. The summed E-state index contributed by atoms with van der Waals surface area (Å²) in [7, 11) is 0. The Balaban J connectivity index is 1.84. The molecule has 26 heavy (non-hydrogen) atoms. The highest BCUT2D eigenvalue weighted by Crippen LogP contribution is 2.39. The second kappa shape index (κ2) is 8.46. The largest absolute Gasteiger partial charge is 0.481 e. The summed E-state index contributed by atoms with van der Waals surface area (Å²) >= 11 is 1.32. The number of hydrogen-bond acceptors (Lipinski definition) is 3. The smallest absolute Gasteiger partial charge is 0.321 e. The molecule has 0 bridgehead atoms. The van der Waals surface area contributed by atoms with Gasteiger partial charge in [-0.15, -0.1) is 17.7 Å². The van der Waals surface area contributed by atoms with E-state index in [2.05, 4.69) is 11.8 Å². The summed E-state index contributed by atoms with van der Waals surface area (Å²) in [5.74, 6) is 5.48. The zero-order valence-corrected chi connectivity index (χ0v) is 15.1. The standard InChI is InChI=1S/C22H18O3S/c1-2-3-15-25-17-11-13-18(14-12-17)26-21(22(23)24)20-10-6-8-16-7-4-5-9-19(16)20/h4-14,21H,15H2,1H3,(H,23,24). The first-order valence-corrected chi connectivity index (χ1v) is 9.06. The van der Waals surface area contributed by atoms with Crippen LogP contribution in [-0.2, 0) is 4.79 Å². The predicted octanol–water partition coefficient (Wildman–Crippen LogP) is 5.16. The summed E-state index contributed by atoms with van der Waals surface area (Å²) in [5.41, 5.74) is 0.805. The molecule has 0 fully saturated rings. The number of ether oxygens (including phenoxy) is 1. The number of thioether (sulfide) groups is 1. The lowest BCUT2D eigenvalue weighted by atomic mass is 10.0. The highest BCUT2D eigenvalue weighted by molar-refractivity contribution is 8.00. The molecule has 3 nitrogen and oxygen atoms in total. The fraction of sp³-hybridized carbons (Fsp3) is 0.136. The van der Waals surface area contributed by atoms with Gasteiger partial charge in [-0.3, -0.25) is 4.79 Å². The Kier molecular flexibility index (Phi) is 5.83. The molecule has 0 aromatic heterocycles. The van der Waals surface area contributed by atoms with E-state index in [-0.39, 0.29) is 0 Å². The van der Waals surface area contributed by atoms with Crippen molar-refractivity contribution in [3.8, 4) is 17.6 Å². The van der Waals surface area contributed by atoms with E-state index in [0.29, 0.717) is 12.4 Å². The minimum absolute atomic E-state index is 0.344. The lowest BCUT2D eigenvalue weighted by molar-refractivity contribution is -0.136. The van der Waals surface area contributed by atoms with Gasteiger partial charge in [-0.2, -0.15) is 0 Å². The van der Waals surface area contributed by atoms with Crippen LogP contribution in [0.3, 0.4) is 0 Å². The van der Waals surface area contributed by atoms with Crippen LogP contribution in [0.4, 0.5) is 0 Å². The van der Waals surface area contributed by atoms with Gasteiger partial charge < -0.3 is 9.84 Å². The summed E-state index contributed by atoms with van der Waals surface area (Å²) in [4.78, 5) is 12.8. The van der Waals surface area contributed by atoms with Crippen molar-refractivity contribution in [2.24, 2.45) is 0 Å². The molecule has 0 amide bonds. The molecule has 1 atom stereocenters. The maximum Gasteiger partial charge on any atom is 0.321 e. The molecule has 0 aliphatic carbocycles. The number of fused-ring (bicyclic) bond motifs is 1. The van der Waals surface area contributed by atoms with Gasteiger partial charge in [0.05, 0.1) is 0 Å². The van der Waals surface area contributed by atoms with Gasteiger partial charge in [0.1, 0.15) is 17.6 Å². The van der Waals surface area contributed by atoms with Crippen molar-refractivity contribution in [1.29, 1.82) is 0 Å². The molecular formula is C22H18O3S. The van der Waals surface area contributed by atoms with Crippen molar-refractivity contribution in [3.63, 3.8) is 0 Å². The molecular weight excluding hydrogens is 344 g/mol. The van der Waals surface area contributed by atoms with Crippen LogP contribution >= 0.6 is 11.8 Å². The fourth-order valence-electron chi connectivity index (χ4n) is 2.67. The van der Waals surface area contributed by atoms with Crippen molar-refractivity contribution in [2.45, 2.75) is 17.1 Å². The Morgan fingerprint density at radius 3 is 2.54 bits per heavy atom. The topological polar surface area (TPSA) is 46.5 Å². The second-order valence-corrected chi connectivity index (χ2v) is 6.77. The Labute approximate surface area is 157 Å². The zero-order chi connectivity index (χ0) is 18.4. The maximum atomic E-state index is 11.9. The van der Waals surface area contributed by atoms with E-state index in [4.69, 9.17) is 4.74 Å². The Morgan fingerprint density at radius 2 is 1.81 bits per heavy atom.